The number of carbonyl (C=O) groups excluding carboxylic acids is 2. The first-order chi connectivity index (χ1) is 8.69. The summed E-state index contributed by atoms with van der Waals surface area (Å²) in [7, 11) is 0. The molecule has 0 fully saturated rings. The van der Waals surface area contributed by atoms with Gasteiger partial charge in [0.1, 0.15) is 0 Å². The van der Waals surface area contributed by atoms with Gasteiger partial charge in [-0.3, -0.25) is 9.59 Å². The Labute approximate surface area is 110 Å². The fourth-order valence-corrected chi connectivity index (χ4v) is 2.17. The summed E-state index contributed by atoms with van der Waals surface area (Å²) in [5.41, 5.74) is 1.40. The van der Waals surface area contributed by atoms with Gasteiger partial charge >= 0.3 is 0 Å². The standard InChI is InChI=1S/C16H24O2/c1-3-5-7-9-13-11-16(18)14(12-15(13)17)10-8-6-4-2/h11-12H,3-10H2,1-2H3. The topological polar surface area (TPSA) is 34.1 Å². The van der Waals surface area contributed by atoms with Crippen molar-refractivity contribution in [1.29, 1.82) is 0 Å². The Bertz CT molecular complexity index is 325. The Balaban J connectivity index is 2.51. The van der Waals surface area contributed by atoms with E-state index >= 15 is 0 Å². The van der Waals surface area contributed by atoms with Crippen molar-refractivity contribution in [2.24, 2.45) is 0 Å². The van der Waals surface area contributed by atoms with Gasteiger partial charge in [0.15, 0.2) is 11.6 Å². The Hall–Kier alpha value is -1.18. The van der Waals surface area contributed by atoms with Gasteiger partial charge in [-0.15, -0.1) is 0 Å². The summed E-state index contributed by atoms with van der Waals surface area (Å²) in [5, 5.41) is 0. The van der Waals surface area contributed by atoms with Crippen molar-refractivity contribution in [3.8, 4) is 0 Å². The van der Waals surface area contributed by atoms with Crippen LogP contribution in [-0.4, -0.2) is 11.6 Å². The molecule has 0 aromatic heterocycles. The molecule has 0 unspecified atom stereocenters. The van der Waals surface area contributed by atoms with Crippen molar-refractivity contribution < 1.29 is 9.59 Å². The van der Waals surface area contributed by atoms with Crippen molar-refractivity contribution in [3.63, 3.8) is 0 Å². The molecule has 0 saturated heterocycles. The van der Waals surface area contributed by atoms with Gasteiger partial charge in [0, 0.05) is 11.1 Å². The van der Waals surface area contributed by atoms with E-state index in [0.29, 0.717) is 11.1 Å². The van der Waals surface area contributed by atoms with E-state index in [0.717, 1.165) is 51.4 Å². The summed E-state index contributed by atoms with van der Waals surface area (Å²) in [6.45, 7) is 4.27. The number of hydrogen-bond acceptors (Lipinski definition) is 2. The van der Waals surface area contributed by atoms with E-state index < -0.39 is 0 Å². The fourth-order valence-electron chi connectivity index (χ4n) is 2.17. The molecule has 0 saturated carbocycles. The Morgan fingerprint density at radius 3 is 1.44 bits per heavy atom. The quantitative estimate of drug-likeness (QED) is 0.477. The maximum Gasteiger partial charge on any atom is 0.182 e. The average Bonchev–Trinajstić information content (AvgIpc) is 2.35. The van der Waals surface area contributed by atoms with Crippen LogP contribution in [0.15, 0.2) is 23.3 Å². The van der Waals surface area contributed by atoms with Gasteiger partial charge in [-0.1, -0.05) is 39.5 Å². The highest BCUT2D eigenvalue weighted by atomic mass is 16.1. The predicted octanol–water partition coefficient (Wildman–Crippen LogP) is 4.15. The van der Waals surface area contributed by atoms with E-state index in [1.54, 1.807) is 12.2 Å². The van der Waals surface area contributed by atoms with Crippen molar-refractivity contribution >= 4 is 11.6 Å². The highest BCUT2D eigenvalue weighted by Gasteiger charge is 2.19. The molecule has 2 heteroatoms. The molecular weight excluding hydrogens is 224 g/mol. The molecule has 18 heavy (non-hydrogen) atoms. The van der Waals surface area contributed by atoms with Crippen LogP contribution in [0.4, 0.5) is 0 Å². The highest BCUT2D eigenvalue weighted by Crippen LogP contribution is 2.20. The van der Waals surface area contributed by atoms with Gasteiger partial charge in [-0.2, -0.15) is 0 Å². The van der Waals surface area contributed by atoms with Crippen molar-refractivity contribution in [3.05, 3.63) is 23.3 Å². The molecule has 0 aromatic carbocycles. The summed E-state index contributed by atoms with van der Waals surface area (Å²) in [5.74, 6) is 0.106. The summed E-state index contributed by atoms with van der Waals surface area (Å²) < 4.78 is 0. The highest BCUT2D eigenvalue weighted by molar-refractivity contribution is 6.19. The third kappa shape index (κ3) is 4.59. The molecule has 100 valence electrons. The second-order valence-electron chi connectivity index (χ2n) is 4.98. The van der Waals surface area contributed by atoms with Crippen LogP contribution >= 0.6 is 0 Å². The van der Waals surface area contributed by atoms with Crippen LogP contribution in [-0.2, 0) is 9.59 Å². The van der Waals surface area contributed by atoms with Crippen molar-refractivity contribution in [1.82, 2.24) is 0 Å². The van der Waals surface area contributed by atoms with Gasteiger partial charge in [0.05, 0.1) is 0 Å². The number of ketones is 2. The predicted molar refractivity (Wildman–Crippen MR) is 74.5 cm³/mol. The largest absolute Gasteiger partial charge is 0.290 e. The van der Waals surface area contributed by atoms with Gasteiger partial charge < -0.3 is 0 Å². The lowest BCUT2D eigenvalue weighted by Crippen LogP contribution is -2.13. The zero-order chi connectivity index (χ0) is 13.4. The maximum atomic E-state index is 11.9. The molecule has 1 aliphatic carbocycles. The SMILES string of the molecule is CCCCCC1=CC(=O)C(CCCCC)=CC1=O. The Morgan fingerprint density at radius 1 is 0.722 bits per heavy atom. The normalized spacial score (nSPS) is 15.7. The summed E-state index contributed by atoms with van der Waals surface area (Å²) in [6.07, 6.45) is 11.1. The van der Waals surface area contributed by atoms with Gasteiger partial charge in [0.2, 0.25) is 0 Å². The average molecular weight is 248 g/mol. The molecule has 0 aromatic rings. The van der Waals surface area contributed by atoms with E-state index in [9.17, 15) is 9.59 Å². The first kappa shape index (κ1) is 14.9. The molecule has 0 spiro atoms. The molecule has 0 radical (unpaired) electrons. The number of hydrogen-bond donors (Lipinski definition) is 0. The Kier molecular flexibility index (Phi) is 6.63. The second kappa shape index (κ2) is 8.02. The lowest BCUT2D eigenvalue weighted by Gasteiger charge is -2.12. The molecule has 0 bridgehead atoms. The molecule has 0 N–H and O–H groups in total. The summed E-state index contributed by atoms with van der Waals surface area (Å²) in [6, 6.07) is 0. The third-order valence-corrected chi connectivity index (χ3v) is 3.34. The second-order valence-corrected chi connectivity index (χ2v) is 4.98. The van der Waals surface area contributed by atoms with E-state index in [-0.39, 0.29) is 11.6 Å². The minimum atomic E-state index is 0.0530. The lowest BCUT2D eigenvalue weighted by atomic mass is 9.91. The van der Waals surface area contributed by atoms with Gasteiger partial charge in [-0.25, -0.2) is 0 Å². The number of unbranched alkanes of at least 4 members (excludes halogenated alkanes) is 4. The zero-order valence-electron chi connectivity index (χ0n) is 11.6. The molecule has 0 atom stereocenters. The molecule has 0 heterocycles. The van der Waals surface area contributed by atoms with Crippen LogP contribution in [0.3, 0.4) is 0 Å². The molecule has 0 amide bonds. The monoisotopic (exact) mass is 248 g/mol. The van der Waals surface area contributed by atoms with Crippen molar-refractivity contribution in [2.45, 2.75) is 65.2 Å². The number of carbonyl (C=O) groups is 2. The lowest BCUT2D eigenvalue weighted by molar-refractivity contribution is -0.115. The first-order valence-electron chi connectivity index (χ1n) is 7.18. The van der Waals surface area contributed by atoms with Crippen molar-refractivity contribution in [2.75, 3.05) is 0 Å². The van der Waals surface area contributed by atoms with Crippen LogP contribution in [0, 0.1) is 0 Å². The number of rotatable bonds is 8. The van der Waals surface area contributed by atoms with Gasteiger partial charge in [-0.05, 0) is 37.8 Å². The van der Waals surface area contributed by atoms with Crippen LogP contribution in [0.1, 0.15) is 65.2 Å². The summed E-state index contributed by atoms with van der Waals surface area (Å²) >= 11 is 0. The van der Waals surface area contributed by atoms with Gasteiger partial charge in [0.25, 0.3) is 0 Å². The van der Waals surface area contributed by atoms with E-state index in [1.165, 1.54) is 0 Å². The molecular formula is C16H24O2. The Morgan fingerprint density at radius 2 is 1.11 bits per heavy atom. The smallest absolute Gasteiger partial charge is 0.182 e. The maximum absolute atomic E-state index is 11.9. The van der Waals surface area contributed by atoms with E-state index in [4.69, 9.17) is 0 Å². The van der Waals surface area contributed by atoms with Crippen LogP contribution in [0.25, 0.3) is 0 Å². The minimum Gasteiger partial charge on any atom is -0.290 e. The van der Waals surface area contributed by atoms with E-state index in [2.05, 4.69) is 13.8 Å². The third-order valence-electron chi connectivity index (χ3n) is 3.34. The van der Waals surface area contributed by atoms with Crippen LogP contribution < -0.4 is 0 Å². The molecule has 1 aliphatic rings. The first-order valence-corrected chi connectivity index (χ1v) is 7.18. The molecule has 2 nitrogen and oxygen atoms in total. The van der Waals surface area contributed by atoms with Crippen LogP contribution in [0.2, 0.25) is 0 Å². The minimum absolute atomic E-state index is 0.0530. The van der Waals surface area contributed by atoms with Crippen LogP contribution in [0.5, 0.6) is 0 Å². The summed E-state index contributed by atoms with van der Waals surface area (Å²) in [4.78, 5) is 23.8. The number of allylic oxidation sites excluding steroid dienone is 4. The molecule has 1 rings (SSSR count). The zero-order valence-corrected chi connectivity index (χ0v) is 11.6. The fraction of sp³-hybridized carbons (Fsp3) is 0.625. The molecule has 0 aliphatic heterocycles. The van der Waals surface area contributed by atoms with E-state index in [1.807, 2.05) is 0 Å².